The summed E-state index contributed by atoms with van der Waals surface area (Å²) in [6, 6.07) is 14.4. The SMILES string of the molecule is O=C(OCC(=O)N1CCc2ccccc21)c1cccc(-n2cnnn2)c1. The molecule has 3 aromatic rings. The van der Waals surface area contributed by atoms with Gasteiger partial charge in [0, 0.05) is 12.2 Å². The molecule has 0 atom stereocenters. The smallest absolute Gasteiger partial charge is 0.338 e. The second-order valence-electron chi connectivity index (χ2n) is 5.80. The van der Waals surface area contributed by atoms with Crippen LogP contribution >= 0.6 is 0 Å². The Morgan fingerprint density at radius 2 is 2.00 bits per heavy atom. The number of carbonyl (C=O) groups is 2. The largest absolute Gasteiger partial charge is 0.452 e. The average molecular weight is 349 g/mol. The van der Waals surface area contributed by atoms with E-state index in [1.807, 2.05) is 24.3 Å². The molecule has 2 heterocycles. The summed E-state index contributed by atoms with van der Waals surface area (Å²) in [6.07, 6.45) is 2.24. The summed E-state index contributed by atoms with van der Waals surface area (Å²) < 4.78 is 6.63. The summed E-state index contributed by atoms with van der Waals surface area (Å²) in [6.45, 7) is 0.298. The van der Waals surface area contributed by atoms with Gasteiger partial charge in [-0.2, -0.15) is 0 Å². The Labute approximate surface area is 149 Å². The molecule has 8 nitrogen and oxygen atoms in total. The van der Waals surface area contributed by atoms with Gasteiger partial charge < -0.3 is 9.64 Å². The Kier molecular flexibility index (Phi) is 4.14. The Balaban J connectivity index is 1.42. The van der Waals surface area contributed by atoms with Crippen molar-refractivity contribution in [3.8, 4) is 5.69 Å². The van der Waals surface area contributed by atoms with Crippen molar-refractivity contribution in [1.29, 1.82) is 0 Å². The van der Waals surface area contributed by atoms with Gasteiger partial charge in [0.2, 0.25) is 0 Å². The number of benzene rings is 2. The van der Waals surface area contributed by atoms with E-state index < -0.39 is 5.97 Å². The van der Waals surface area contributed by atoms with E-state index in [4.69, 9.17) is 4.74 Å². The molecular formula is C18H15N5O3. The molecular weight excluding hydrogens is 334 g/mol. The third-order valence-corrected chi connectivity index (χ3v) is 4.21. The van der Waals surface area contributed by atoms with Crippen LogP contribution in [0.25, 0.3) is 5.69 Å². The molecule has 0 fully saturated rings. The number of amides is 1. The predicted octanol–water partition coefficient (Wildman–Crippen LogP) is 1.41. The lowest BCUT2D eigenvalue weighted by Gasteiger charge is -2.17. The van der Waals surface area contributed by atoms with Gasteiger partial charge in [-0.05, 0) is 46.7 Å². The van der Waals surface area contributed by atoms with Crippen LogP contribution in [0.2, 0.25) is 0 Å². The van der Waals surface area contributed by atoms with Crippen molar-refractivity contribution in [2.45, 2.75) is 6.42 Å². The number of rotatable bonds is 4. The topological polar surface area (TPSA) is 90.2 Å². The summed E-state index contributed by atoms with van der Waals surface area (Å²) in [7, 11) is 0. The van der Waals surface area contributed by atoms with Crippen LogP contribution in [0.5, 0.6) is 0 Å². The first-order valence-corrected chi connectivity index (χ1v) is 8.11. The summed E-state index contributed by atoms with van der Waals surface area (Å²) in [5.74, 6) is -0.805. The van der Waals surface area contributed by atoms with E-state index >= 15 is 0 Å². The molecule has 26 heavy (non-hydrogen) atoms. The maximum atomic E-state index is 12.4. The highest BCUT2D eigenvalue weighted by atomic mass is 16.5. The number of hydrogen-bond acceptors (Lipinski definition) is 6. The van der Waals surface area contributed by atoms with Crippen LogP contribution in [0.4, 0.5) is 5.69 Å². The summed E-state index contributed by atoms with van der Waals surface area (Å²) in [5.41, 5.74) is 2.97. The zero-order chi connectivity index (χ0) is 17.9. The first-order valence-electron chi connectivity index (χ1n) is 8.11. The maximum Gasteiger partial charge on any atom is 0.338 e. The molecule has 0 N–H and O–H groups in total. The number of aromatic nitrogens is 4. The molecule has 1 amide bonds. The van der Waals surface area contributed by atoms with Crippen LogP contribution in [-0.2, 0) is 16.0 Å². The highest BCUT2D eigenvalue weighted by Gasteiger charge is 2.25. The maximum absolute atomic E-state index is 12.4. The number of hydrogen-bond donors (Lipinski definition) is 0. The Morgan fingerprint density at radius 1 is 1.12 bits per heavy atom. The summed E-state index contributed by atoms with van der Waals surface area (Å²) in [4.78, 5) is 26.3. The van der Waals surface area contributed by atoms with Gasteiger partial charge in [0.15, 0.2) is 6.61 Å². The van der Waals surface area contributed by atoms with Crippen LogP contribution in [0.15, 0.2) is 54.9 Å². The summed E-state index contributed by atoms with van der Waals surface area (Å²) >= 11 is 0. The minimum Gasteiger partial charge on any atom is -0.452 e. The van der Waals surface area contributed by atoms with Gasteiger partial charge in [-0.1, -0.05) is 24.3 Å². The normalized spacial score (nSPS) is 12.7. The van der Waals surface area contributed by atoms with Gasteiger partial charge in [0.05, 0.1) is 11.3 Å². The first-order chi connectivity index (χ1) is 12.7. The standard InChI is InChI=1S/C18H15N5O3/c24-17(22-9-8-13-4-1-2-7-16(13)22)11-26-18(25)14-5-3-6-15(10-14)23-12-19-20-21-23/h1-7,10,12H,8-9,11H2. The quantitative estimate of drug-likeness (QED) is 0.662. The number of esters is 1. The zero-order valence-electron chi connectivity index (χ0n) is 13.8. The van der Waals surface area contributed by atoms with Crippen molar-refractivity contribution in [2.24, 2.45) is 0 Å². The average Bonchev–Trinajstić information content (AvgIpc) is 3.36. The van der Waals surface area contributed by atoms with E-state index in [9.17, 15) is 9.59 Å². The van der Waals surface area contributed by atoms with E-state index in [0.717, 1.165) is 17.7 Å². The van der Waals surface area contributed by atoms with Crippen molar-refractivity contribution in [3.05, 3.63) is 66.0 Å². The minimum atomic E-state index is -0.569. The van der Waals surface area contributed by atoms with Crippen LogP contribution < -0.4 is 4.90 Å². The van der Waals surface area contributed by atoms with Crippen molar-refractivity contribution < 1.29 is 14.3 Å². The molecule has 8 heteroatoms. The fourth-order valence-corrected chi connectivity index (χ4v) is 2.94. The molecule has 0 unspecified atom stereocenters. The number of para-hydroxylation sites is 1. The Morgan fingerprint density at radius 3 is 2.85 bits per heavy atom. The molecule has 1 aromatic heterocycles. The first kappa shape index (κ1) is 15.9. The molecule has 2 aromatic carbocycles. The minimum absolute atomic E-state index is 0.236. The van der Waals surface area contributed by atoms with Crippen molar-refractivity contribution >= 4 is 17.6 Å². The predicted molar refractivity (Wildman–Crippen MR) is 91.9 cm³/mol. The third kappa shape index (κ3) is 3.04. The van der Waals surface area contributed by atoms with Crippen molar-refractivity contribution in [2.75, 3.05) is 18.1 Å². The van der Waals surface area contributed by atoms with Gasteiger partial charge in [-0.3, -0.25) is 4.79 Å². The van der Waals surface area contributed by atoms with Gasteiger partial charge in [-0.15, -0.1) is 5.10 Å². The molecule has 0 saturated heterocycles. The van der Waals surface area contributed by atoms with Crippen LogP contribution in [-0.4, -0.2) is 45.2 Å². The van der Waals surface area contributed by atoms with E-state index in [1.54, 1.807) is 29.2 Å². The molecule has 0 aliphatic carbocycles. The second-order valence-corrected chi connectivity index (χ2v) is 5.80. The zero-order valence-corrected chi connectivity index (χ0v) is 13.8. The van der Waals surface area contributed by atoms with Gasteiger partial charge in [0.1, 0.15) is 6.33 Å². The number of tetrazole rings is 1. The van der Waals surface area contributed by atoms with E-state index in [2.05, 4.69) is 15.5 Å². The molecule has 4 rings (SSSR count). The molecule has 0 bridgehead atoms. The highest BCUT2D eigenvalue weighted by molar-refractivity contribution is 5.98. The number of fused-ring (bicyclic) bond motifs is 1. The molecule has 0 spiro atoms. The fourth-order valence-electron chi connectivity index (χ4n) is 2.94. The van der Waals surface area contributed by atoms with E-state index in [-0.39, 0.29) is 12.5 Å². The monoisotopic (exact) mass is 349 g/mol. The van der Waals surface area contributed by atoms with Crippen LogP contribution in [0, 0.1) is 0 Å². The lowest BCUT2D eigenvalue weighted by Crippen LogP contribution is -2.33. The van der Waals surface area contributed by atoms with Gasteiger partial charge in [-0.25, -0.2) is 9.48 Å². The molecule has 0 radical (unpaired) electrons. The Bertz CT molecular complexity index is 955. The highest BCUT2D eigenvalue weighted by Crippen LogP contribution is 2.27. The van der Waals surface area contributed by atoms with Gasteiger partial charge in [0.25, 0.3) is 5.91 Å². The van der Waals surface area contributed by atoms with E-state index in [1.165, 1.54) is 11.0 Å². The van der Waals surface area contributed by atoms with Gasteiger partial charge >= 0.3 is 5.97 Å². The fraction of sp³-hybridized carbons (Fsp3) is 0.167. The lowest BCUT2D eigenvalue weighted by molar-refractivity contribution is -0.121. The Hall–Kier alpha value is -3.55. The number of carbonyl (C=O) groups excluding carboxylic acids is 2. The summed E-state index contributed by atoms with van der Waals surface area (Å²) in [5, 5.41) is 10.9. The molecule has 0 saturated carbocycles. The molecule has 1 aliphatic rings. The van der Waals surface area contributed by atoms with Crippen LogP contribution in [0.1, 0.15) is 15.9 Å². The number of anilines is 1. The van der Waals surface area contributed by atoms with Crippen LogP contribution in [0.3, 0.4) is 0 Å². The number of nitrogens with zero attached hydrogens (tertiary/aromatic N) is 5. The molecule has 130 valence electrons. The number of ether oxygens (including phenoxy) is 1. The second kappa shape index (κ2) is 6.75. The lowest BCUT2D eigenvalue weighted by atomic mass is 10.2. The van der Waals surface area contributed by atoms with Crippen molar-refractivity contribution in [3.63, 3.8) is 0 Å². The molecule has 1 aliphatic heterocycles. The van der Waals surface area contributed by atoms with E-state index in [0.29, 0.717) is 17.8 Å². The van der Waals surface area contributed by atoms with Crippen molar-refractivity contribution in [1.82, 2.24) is 20.2 Å². The third-order valence-electron chi connectivity index (χ3n) is 4.21.